The summed E-state index contributed by atoms with van der Waals surface area (Å²) in [6.07, 6.45) is 0.733. The van der Waals surface area contributed by atoms with E-state index in [1.165, 1.54) is 4.31 Å². The van der Waals surface area contributed by atoms with Crippen molar-refractivity contribution in [3.8, 4) is 17.5 Å². The minimum absolute atomic E-state index is 0.141. The van der Waals surface area contributed by atoms with E-state index in [9.17, 15) is 13.7 Å². The maximum absolute atomic E-state index is 12.9. The van der Waals surface area contributed by atoms with E-state index in [0.717, 1.165) is 18.5 Å². The van der Waals surface area contributed by atoms with E-state index >= 15 is 0 Å². The number of nitrogens with zero attached hydrogens (tertiary/aromatic N) is 4. The third-order valence-corrected chi connectivity index (χ3v) is 6.04. The van der Waals surface area contributed by atoms with Crippen molar-refractivity contribution in [1.29, 1.82) is 5.26 Å². The zero-order chi connectivity index (χ0) is 18.0. The summed E-state index contributed by atoms with van der Waals surface area (Å²) in [6, 6.07) is 9.19. The molecule has 2 heterocycles. The monoisotopic (exact) mass is 360 g/mol. The average Bonchev–Trinajstić information content (AvgIpc) is 2.91. The maximum atomic E-state index is 12.9. The second-order valence-electron chi connectivity index (χ2n) is 6.19. The number of aromatic nitrogens is 1. The van der Waals surface area contributed by atoms with Crippen LogP contribution in [0.15, 0.2) is 33.8 Å². The molecule has 8 heteroatoms. The third-order valence-electron chi connectivity index (χ3n) is 4.25. The zero-order valence-electron chi connectivity index (χ0n) is 14.3. The van der Waals surface area contributed by atoms with Crippen molar-refractivity contribution >= 4 is 10.0 Å². The number of nitriles is 1. The number of likely N-dealkylation sites (N-methyl/N-ethyl adjacent to an activating group) is 1. The van der Waals surface area contributed by atoms with Crippen LogP contribution in [0.4, 0.5) is 0 Å². The van der Waals surface area contributed by atoms with Gasteiger partial charge in [0.2, 0.25) is 5.89 Å². The summed E-state index contributed by atoms with van der Waals surface area (Å²) in [5, 5.41) is 8.95. The first kappa shape index (κ1) is 17.6. The Morgan fingerprint density at radius 1 is 1.16 bits per heavy atom. The average molecular weight is 360 g/mol. The lowest BCUT2D eigenvalue weighted by Crippen LogP contribution is -2.34. The van der Waals surface area contributed by atoms with Crippen molar-refractivity contribution in [2.45, 2.75) is 18.4 Å². The Morgan fingerprint density at radius 2 is 1.88 bits per heavy atom. The Balaban J connectivity index is 1.98. The lowest BCUT2D eigenvalue weighted by atomic mass is 10.1. The van der Waals surface area contributed by atoms with Gasteiger partial charge in [0.1, 0.15) is 6.07 Å². The van der Waals surface area contributed by atoms with Crippen molar-refractivity contribution in [3.63, 3.8) is 0 Å². The molecule has 0 atom stereocenters. The number of sulfonamides is 1. The van der Waals surface area contributed by atoms with Crippen LogP contribution >= 0.6 is 0 Å². The molecule has 1 aromatic heterocycles. The zero-order valence-corrected chi connectivity index (χ0v) is 15.1. The first-order valence-corrected chi connectivity index (χ1v) is 9.52. The van der Waals surface area contributed by atoms with Gasteiger partial charge in [0, 0.05) is 25.2 Å². The van der Waals surface area contributed by atoms with Crippen molar-refractivity contribution in [2.75, 3.05) is 33.2 Å². The highest BCUT2D eigenvalue weighted by atomic mass is 32.2. The minimum Gasteiger partial charge on any atom is -0.422 e. The van der Waals surface area contributed by atoms with E-state index in [0.29, 0.717) is 25.2 Å². The van der Waals surface area contributed by atoms with Gasteiger partial charge in [-0.2, -0.15) is 14.6 Å². The quantitative estimate of drug-likeness (QED) is 0.830. The molecule has 1 aliphatic rings. The van der Waals surface area contributed by atoms with Crippen LogP contribution in [-0.2, 0) is 10.0 Å². The molecule has 1 aliphatic heterocycles. The number of hydrogen-bond donors (Lipinski definition) is 0. The molecule has 0 unspecified atom stereocenters. The predicted molar refractivity (Wildman–Crippen MR) is 92.3 cm³/mol. The van der Waals surface area contributed by atoms with Crippen molar-refractivity contribution in [2.24, 2.45) is 0 Å². The van der Waals surface area contributed by atoms with E-state index in [-0.39, 0.29) is 16.7 Å². The van der Waals surface area contributed by atoms with Crippen molar-refractivity contribution in [3.05, 3.63) is 35.5 Å². The molecule has 0 spiro atoms. The molecule has 1 saturated heterocycles. The number of rotatable bonds is 3. The highest BCUT2D eigenvalue weighted by molar-refractivity contribution is 7.89. The summed E-state index contributed by atoms with van der Waals surface area (Å²) >= 11 is 0. The molecule has 2 aromatic rings. The first-order valence-electron chi connectivity index (χ1n) is 8.08. The maximum Gasteiger partial charge on any atom is 0.279 e. The van der Waals surface area contributed by atoms with Crippen molar-refractivity contribution in [1.82, 2.24) is 14.2 Å². The van der Waals surface area contributed by atoms with Crippen LogP contribution in [-0.4, -0.2) is 55.8 Å². The van der Waals surface area contributed by atoms with E-state index < -0.39 is 10.0 Å². The van der Waals surface area contributed by atoms with Gasteiger partial charge in [-0.1, -0.05) is 17.7 Å². The summed E-state index contributed by atoms with van der Waals surface area (Å²) in [5.41, 5.74) is 1.50. The van der Waals surface area contributed by atoms with Gasteiger partial charge in [-0.15, -0.1) is 0 Å². The number of benzene rings is 1. The standard InChI is InChI=1S/C17H20N4O3S/c1-13-4-6-14(7-5-13)16-19-15(12-18)17(24-16)25(22,23)21-9-3-8-20(2)10-11-21/h4-7H,3,8-11H2,1-2H3. The molecule has 0 saturated carbocycles. The number of aryl methyl sites for hydroxylation is 1. The summed E-state index contributed by atoms with van der Waals surface area (Å²) in [6.45, 7) is 4.19. The smallest absolute Gasteiger partial charge is 0.279 e. The molecule has 7 nitrogen and oxygen atoms in total. The molecule has 0 amide bonds. The van der Waals surface area contributed by atoms with Crippen LogP contribution in [0.3, 0.4) is 0 Å². The first-order chi connectivity index (χ1) is 11.9. The van der Waals surface area contributed by atoms with Gasteiger partial charge < -0.3 is 9.32 Å². The Bertz CT molecular complexity index is 897. The van der Waals surface area contributed by atoms with Gasteiger partial charge in [-0.3, -0.25) is 0 Å². The molecule has 0 bridgehead atoms. The minimum atomic E-state index is -3.89. The van der Waals surface area contributed by atoms with Crippen LogP contribution in [0, 0.1) is 18.3 Å². The summed E-state index contributed by atoms with van der Waals surface area (Å²) in [5.74, 6) is 0.141. The van der Waals surface area contributed by atoms with Crippen LogP contribution in [0.1, 0.15) is 17.7 Å². The second kappa shape index (κ2) is 6.96. The van der Waals surface area contributed by atoms with Gasteiger partial charge in [0.25, 0.3) is 15.1 Å². The van der Waals surface area contributed by atoms with Gasteiger partial charge in [-0.25, -0.2) is 8.42 Å². The van der Waals surface area contributed by atoms with Gasteiger partial charge in [-0.05, 0) is 39.1 Å². The molecule has 1 aromatic carbocycles. The van der Waals surface area contributed by atoms with E-state index in [1.54, 1.807) is 12.1 Å². The third kappa shape index (κ3) is 3.58. The van der Waals surface area contributed by atoms with E-state index in [2.05, 4.69) is 9.88 Å². The lowest BCUT2D eigenvalue weighted by Gasteiger charge is -2.18. The van der Waals surface area contributed by atoms with Crippen molar-refractivity contribution < 1.29 is 12.8 Å². The normalized spacial score (nSPS) is 17.2. The molecule has 0 radical (unpaired) electrons. The molecule has 0 N–H and O–H groups in total. The second-order valence-corrected chi connectivity index (χ2v) is 8.03. The highest BCUT2D eigenvalue weighted by Crippen LogP contribution is 2.27. The topological polar surface area (TPSA) is 90.4 Å². The SMILES string of the molecule is Cc1ccc(-c2nc(C#N)c(S(=O)(=O)N3CCCN(C)CC3)o2)cc1. The largest absolute Gasteiger partial charge is 0.422 e. The summed E-state index contributed by atoms with van der Waals surface area (Å²) in [7, 11) is -1.93. The van der Waals surface area contributed by atoms with Crippen LogP contribution in [0.5, 0.6) is 0 Å². The van der Waals surface area contributed by atoms with Gasteiger partial charge in [0.15, 0.2) is 5.69 Å². The van der Waals surface area contributed by atoms with Crippen LogP contribution in [0.2, 0.25) is 0 Å². The van der Waals surface area contributed by atoms with E-state index in [1.807, 2.05) is 32.2 Å². The summed E-state index contributed by atoms with van der Waals surface area (Å²) in [4.78, 5) is 6.17. The molecular weight excluding hydrogens is 340 g/mol. The Hall–Kier alpha value is -2.21. The molecule has 1 fully saturated rings. The van der Waals surface area contributed by atoms with Crippen LogP contribution < -0.4 is 0 Å². The molecule has 3 rings (SSSR count). The molecule has 0 aliphatic carbocycles. The highest BCUT2D eigenvalue weighted by Gasteiger charge is 2.33. The number of oxazole rings is 1. The fraction of sp³-hybridized carbons (Fsp3) is 0.412. The Labute approximate surface area is 147 Å². The Kier molecular flexibility index (Phi) is 4.90. The van der Waals surface area contributed by atoms with Gasteiger partial charge in [0.05, 0.1) is 0 Å². The number of hydrogen-bond acceptors (Lipinski definition) is 6. The fourth-order valence-electron chi connectivity index (χ4n) is 2.75. The predicted octanol–water partition coefficient (Wildman–Crippen LogP) is 1.85. The van der Waals surface area contributed by atoms with Crippen LogP contribution in [0.25, 0.3) is 11.5 Å². The molecule has 132 valence electrons. The Morgan fingerprint density at radius 3 is 2.56 bits per heavy atom. The van der Waals surface area contributed by atoms with E-state index in [4.69, 9.17) is 4.42 Å². The lowest BCUT2D eigenvalue weighted by molar-refractivity contribution is 0.343. The molecule has 25 heavy (non-hydrogen) atoms. The fourth-order valence-corrected chi connectivity index (χ4v) is 4.20. The van der Waals surface area contributed by atoms with Gasteiger partial charge >= 0.3 is 0 Å². The summed E-state index contributed by atoms with van der Waals surface area (Å²) < 4.78 is 32.8. The molecular formula is C17H20N4O3S.